The number of rotatable bonds is 5. The Morgan fingerprint density at radius 1 is 1.26 bits per heavy atom. The average Bonchev–Trinajstić information content (AvgIpc) is 2.77. The standard InChI is InChI=1S/C21H24ClN5O4/c1-29-15-8-14(24-9-16(15)30-2)11-27-10-13(7-12-3-5-31-6-4-12)18(28)17-19(22)25-21(23)26-20(17)27/h7-9,12H,3-6,10-11H2,1-2H3,(H2,23,25,26). The van der Waals surface area contributed by atoms with Crippen molar-refractivity contribution < 1.29 is 19.0 Å². The molecule has 0 bridgehead atoms. The molecule has 164 valence electrons. The molecule has 10 heteroatoms. The first-order chi connectivity index (χ1) is 15.0. The van der Waals surface area contributed by atoms with E-state index in [1.807, 2.05) is 11.0 Å². The van der Waals surface area contributed by atoms with Crippen LogP contribution in [0.2, 0.25) is 5.15 Å². The Labute approximate surface area is 185 Å². The Morgan fingerprint density at radius 2 is 2.00 bits per heavy atom. The molecule has 31 heavy (non-hydrogen) atoms. The predicted molar refractivity (Wildman–Crippen MR) is 116 cm³/mol. The van der Waals surface area contributed by atoms with E-state index in [9.17, 15) is 4.79 Å². The number of nitrogens with two attached hydrogens (primary N) is 1. The highest BCUT2D eigenvalue weighted by Gasteiger charge is 2.33. The molecule has 0 saturated carbocycles. The van der Waals surface area contributed by atoms with E-state index in [2.05, 4.69) is 15.0 Å². The zero-order valence-electron chi connectivity index (χ0n) is 17.4. The lowest BCUT2D eigenvalue weighted by Crippen LogP contribution is -2.36. The molecule has 0 unspecified atom stereocenters. The van der Waals surface area contributed by atoms with Crippen molar-refractivity contribution in [3.8, 4) is 11.5 Å². The molecular formula is C21H24ClN5O4. The molecule has 0 amide bonds. The number of nitrogens with zero attached hydrogens (tertiary/aromatic N) is 4. The monoisotopic (exact) mass is 445 g/mol. The van der Waals surface area contributed by atoms with Gasteiger partial charge in [-0.15, -0.1) is 0 Å². The molecule has 4 heterocycles. The number of nitrogen functional groups attached to an aromatic ring is 1. The molecule has 2 N–H and O–H groups in total. The summed E-state index contributed by atoms with van der Waals surface area (Å²) in [6.45, 7) is 2.13. The molecule has 0 spiro atoms. The maximum absolute atomic E-state index is 13.2. The minimum Gasteiger partial charge on any atom is -0.493 e. The molecule has 0 aliphatic carbocycles. The highest BCUT2D eigenvalue weighted by Crippen LogP contribution is 2.35. The van der Waals surface area contributed by atoms with Crippen LogP contribution in [-0.4, -0.2) is 54.7 Å². The van der Waals surface area contributed by atoms with Gasteiger partial charge in [0.25, 0.3) is 0 Å². The van der Waals surface area contributed by atoms with Crippen molar-refractivity contribution >= 4 is 29.2 Å². The summed E-state index contributed by atoms with van der Waals surface area (Å²) in [6.07, 6.45) is 5.40. The van der Waals surface area contributed by atoms with Gasteiger partial charge in [0.2, 0.25) is 5.95 Å². The van der Waals surface area contributed by atoms with Crippen molar-refractivity contribution in [1.82, 2.24) is 15.0 Å². The highest BCUT2D eigenvalue weighted by molar-refractivity contribution is 6.35. The van der Waals surface area contributed by atoms with E-state index in [0.29, 0.717) is 49.2 Å². The van der Waals surface area contributed by atoms with Crippen LogP contribution >= 0.6 is 11.6 Å². The van der Waals surface area contributed by atoms with Crippen LogP contribution in [0.3, 0.4) is 0 Å². The van der Waals surface area contributed by atoms with Gasteiger partial charge < -0.3 is 24.8 Å². The number of ether oxygens (including phenoxy) is 3. The summed E-state index contributed by atoms with van der Waals surface area (Å²) in [7, 11) is 3.12. The van der Waals surface area contributed by atoms with E-state index < -0.39 is 0 Å². The van der Waals surface area contributed by atoms with Crippen molar-refractivity contribution in [3.05, 3.63) is 40.3 Å². The lowest BCUT2D eigenvalue weighted by Gasteiger charge is -2.32. The second-order valence-corrected chi connectivity index (χ2v) is 7.79. The maximum Gasteiger partial charge on any atom is 0.223 e. The first-order valence-corrected chi connectivity index (χ1v) is 10.4. The van der Waals surface area contributed by atoms with Gasteiger partial charge in [0.05, 0.1) is 32.7 Å². The number of methoxy groups -OCH3 is 2. The molecular weight excluding hydrogens is 422 g/mol. The van der Waals surface area contributed by atoms with E-state index in [0.717, 1.165) is 18.5 Å². The van der Waals surface area contributed by atoms with Gasteiger partial charge in [-0.1, -0.05) is 17.7 Å². The number of Topliss-reactive ketones (excluding diaryl/α,β-unsaturated/α-hetero) is 1. The number of anilines is 2. The number of hydrogen-bond donors (Lipinski definition) is 1. The van der Waals surface area contributed by atoms with Gasteiger partial charge in [-0.2, -0.15) is 4.98 Å². The van der Waals surface area contributed by atoms with Gasteiger partial charge in [0, 0.05) is 31.4 Å². The second-order valence-electron chi connectivity index (χ2n) is 7.43. The summed E-state index contributed by atoms with van der Waals surface area (Å²) in [5.41, 5.74) is 7.47. The Balaban J connectivity index is 1.71. The van der Waals surface area contributed by atoms with Gasteiger partial charge in [-0.25, -0.2) is 4.98 Å². The zero-order chi connectivity index (χ0) is 22.0. The number of pyridine rings is 1. The van der Waals surface area contributed by atoms with E-state index in [1.54, 1.807) is 26.5 Å². The predicted octanol–water partition coefficient (Wildman–Crippen LogP) is 2.68. The van der Waals surface area contributed by atoms with Crippen molar-refractivity contribution in [2.45, 2.75) is 19.4 Å². The zero-order valence-corrected chi connectivity index (χ0v) is 18.2. The molecule has 0 aromatic carbocycles. The molecule has 2 aliphatic rings. The highest BCUT2D eigenvalue weighted by atomic mass is 35.5. The smallest absolute Gasteiger partial charge is 0.223 e. The van der Waals surface area contributed by atoms with Crippen molar-refractivity contribution in [1.29, 1.82) is 0 Å². The number of carbonyl (C=O) groups excluding carboxylic acids is 1. The van der Waals surface area contributed by atoms with Gasteiger partial charge in [-0.05, 0) is 18.8 Å². The van der Waals surface area contributed by atoms with Crippen LogP contribution in [0.25, 0.3) is 0 Å². The third kappa shape index (κ3) is 4.42. The molecule has 9 nitrogen and oxygen atoms in total. The van der Waals surface area contributed by atoms with E-state index in [4.69, 9.17) is 31.5 Å². The number of fused-ring (bicyclic) bond motifs is 1. The number of allylic oxidation sites excluding steroid dienone is 1. The summed E-state index contributed by atoms with van der Waals surface area (Å²) in [5.74, 6) is 1.64. The van der Waals surface area contributed by atoms with E-state index in [-0.39, 0.29) is 28.4 Å². The third-order valence-electron chi connectivity index (χ3n) is 5.43. The van der Waals surface area contributed by atoms with Crippen molar-refractivity contribution in [2.75, 3.05) is 44.6 Å². The van der Waals surface area contributed by atoms with Gasteiger partial charge in [0.15, 0.2) is 17.3 Å². The van der Waals surface area contributed by atoms with Crippen LogP contribution < -0.4 is 20.1 Å². The minimum absolute atomic E-state index is 0.0127. The largest absolute Gasteiger partial charge is 0.493 e. The number of ketones is 1. The van der Waals surface area contributed by atoms with Crippen LogP contribution in [0.4, 0.5) is 11.8 Å². The number of carbonyl (C=O) groups is 1. The molecule has 2 aliphatic heterocycles. The molecule has 4 rings (SSSR count). The van der Waals surface area contributed by atoms with Crippen LogP contribution in [0.5, 0.6) is 11.5 Å². The summed E-state index contributed by atoms with van der Waals surface area (Å²) in [4.78, 5) is 27.9. The van der Waals surface area contributed by atoms with Gasteiger partial charge >= 0.3 is 0 Å². The second kappa shape index (κ2) is 9.07. The number of hydrogen-bond acceptors (Lipinski definition) is 9. The fourth-order valence-electron chi connectivity index (χ4n) is 3.86. The fourth-order valence-corrected chi connectivity index (χ4v) is 4.12. The molecule has 1 saturated heterocycles. The summed E-state index contributed by atoms with van der Waals surface area (Å²) in [5, 5.41) is 0.0512. The average molecular weight is 446 g/mol. The first-order valence-electron chi connectivity index (χ1n) is 9.98. The molecule has 0 radical (unpaired) electrons. The van der Waals surface area contributed by atoms with Gasteiger partial charge in [0.1, 0.15) is 16.5 Å². The lowest BCUT2D eigenvalue weighted by atomic mass is 9.92. The van der Waals surface area contributed by atoms with E-state index >= 15 is 0 Å². The summed E-state index contributed by atoms with van der Waals surface area (Å²) in [6, 6.07) is 1.79. The number of halogens is 1. The Bertz CT molecular complexity index is 1020. The molecule has 0 atom stereocenters. The molecule has 1 fully saturated rings. The minimum atomic E-state index is -0.164. The maximum atomic E-state index is 13.2. The third-order valence-corrected chi connectivity index (χ3v) is 5.70. The van der Waals surface area contributed by atoms with Crippen molar-refractivity contribution in [2.24, 2.45) is 5.92 Å². The Hall–Kier alpha value is -2.91. The first kappa shape index (κ1) is 21.3. The lowest BCUT2D eigenvalue weighted by molar-refractivity contribution is 0.0780. The molecule has 2 aromatic rings. The van der Waals surface area contributed by atoms with Crippen LogP contribution in [0.1, 0.15) is 28.9 Å². The topological polar surface area (TPSA) is 113 Å². The SMILES string of the molecule is COc1cnc(CN2CC(=CC3CCOCC3)C(=O)c3c(Cl)nc(N)nc32)cc1OC. The van der Waals surface area contributed by atoms with Crippen LogP contribution in [0.15, 0.2) is 23.9 Å². The van der Waals surface area contributed by atoms with E-state index in [1.165, 1.54) is 0 Å². The molecule has 2 aromatic heterocycles. The van der Waals surface area contributed by atoms with Crippen molar-refractivity contribution in [3.63, 3.8) is 0 Å². The number of aromatic nitrogens is 3. The van der Waals surface area contributed by atoms with Gasteiger partial charge in [-0.3, -0.25) is 9.78 Å². The van der Waals surface area contributed by atoms with Crippen LogP contribution in [0, 0.1) is 5.92 Å². The summed E-state index contributed by atoms with van der Waals surface area (Å²) >= 11 is 6.33. The fraction of sp³-hybridized carbons (Fsp3) is 0.429. The van der Waals surface area contributed by atoms with Crippen LogP contribution in [-0.2, 0) is 11.3 Å². The Morgan fingerprint density at radius 3 is 2.71 bits per heavy atom. The normalized spacial score (nSPS) is 18.2. The summed E-state index contributed by atoms with van der Waals surface area (Å²) < 4.78 is 16.1. The Kier molecular flexibility index (Phi) is 6.24. The quantitative estimate of drug-likeness (QED) is 0.548.